The molecule has 1 N–H and O–H groups in total. The van der Waals surface area contributed by atoms with E-state index in [0.29, 0.717) is 22.2 Å². The molecule has 0 aliphatic rings. The second kappa shape index (κ2) is 6.29. The van der Waals surface area contributed by atoms with E-state index in [4.69, 9.17) is 21.3 Å². The molecule has 0 aliphatic heterocycles. The summed E-state index contributed by atoms with van der Waals surface area (Å²) in [7, 11) is 0. The lowest BCUT2D eigenvalue weighted by Gasteiger charge is -2.08. The summed E-state index contributed by atoms with van der Waals surface area (Å²) in [6.07, 6.45) is 1.40. The molecular formula is C16H13ClN2O2. The zero-order valence-corrected chi connectivity index (χ0v) is 12.4. The second-order valence-electron chi connectivity index (χ2n) is 4.48. The molecule has 1 amide bonds. The summed E-state index contributed by atoms with van der Waals surface area (Å²) < 4.78 is 5.33. The van der Waals surface area contributed by atoms with Gasteiger partial charge in [-0.1, -0.05) is 17.7 Å². The Kier molecular flexibility index (Phi) is 4.46. The van der Waals surface area contributed by atoms with Crippen LogP contribution in [0.5, 0.6) is 0 Å². The summed E-state index contributed by atoms with van der Waals surface area (Å²) in [6.45, 7) is 3.59. The van der Waals surface area contributed by atoms with Crippen molar-refractivity contribution in [1.82, 2.24) is 0 Å². The van der Waals surface area contributed by atoms with Crippen molar-refractivity contribution in [2.24, 2.45) is 0 Å². The van der Waals surface area contributed by atoms with Crippen LogP contribution in [-0.4, -0.2) is 5.91 Å². The predicted molar refractivity (Wildman–Crippen MR) is 81.9 cm³/mol. The molecule has 106 valence electrons. The van der Waals surface area contributed by atoms with E-state index in [9.17, 15) is 4.79 Å². The molecule has 1 aromatic heterocycles. The molecule has 0 saturated heterocycles. The predicted octanol–water partition coefficient (Wildman–Crippen LogP) is 4.10. The van der Waals surface area contributed by atoms with Gasteiger partial charge in [-0.25, -0.2) is 0 Å². The highest BCUT2D eigenvalue weighted by atomic mass is 35.5. The smallest absolute Gasteiger partial charge is 0.266 e. The van der Waals surface area contributed by atoms with Crippen LogP contribution in [0.25, 0.3) is 6.08 Å². The van der Waals surface area contributed by atoms with Gasteiger partial charge in [0.15, 0.2) is 0 Å². The molecule has 4 nitrogen and oxygen atoms in total. The number of carbonyl (C=O) groups excluding carboxylic acids is 1. The van der Waals surface area contributed by atoms with E-state index < -0.39 is 5.91 Å². The molecular weight excluding hydrogens is 288 g/mol. The number of rotatable bonds is 3. The van der Waals surface area contributed by atoms with Crippen molar-refractivity contribution in [3.05, 3.63) is 58.0 Å². The molecule has 2 rings (SSSR count). The van der Waals surface area contributed by atoms with Crippen LogP contribution in [-0.2, 0) is 4.79 Å². The maximum absolute atomic E-state index is 12.1. The first-order chi connectivity index (χ1) is 10.0. The van der Waals surface area contributed by atoms with Gasteiger partial charge in [-0.3, -0.25) is 4.79 Å². The average Bonchev–Trinajstić information content (AvgIpc) is 2.86. The maximum atomic E-state index is 12.1. The first kappa shape index (κ1) is 14.9. The Morgan fingerprint density at radius 3 is 2.71 bits per heavy atom. The lowest BCUT2D eigenvalue weighted by molar-refractivity contribution is -0.112. The van der Waals surface area contributed by atoms with E-state index in [1.165, 1.54) is 6.08 Å². The highest BCUT2D eigenvalue weighted by molar-refractivity contribution is 6.31. The van der Waals surface area contributed by atoms with Crippen LogP contribution < -0.4 is 5.32 Å². The number of amides is 1. The quantitative estimate of drug-likeness (QED) is 0.685. The standard InChI is InChI=1S/C16H13ClN2O2/c1-10-6-7-13(21-10)8-12(9-18)16(20)19-15-5-3-4-14(17)11(15)2/h3-8H,1-2H3,(H,19,20)/b12-8+. The van der Waals surface area contributed by atoms with Crippen LogP contribution in [0.3, 0.4) is 0 Å². The Morgan fingerprint density at radius 1 is 1.33 bits per heavy atom. The zero-order chi connectivity index (χ0) is 15.4. The molecule has 0 saturated carbocycles. The molecule has 1 heterocycles. The summed E-state index contributed by atoms with van der Waals surface area (Å²) in [5.74, 6) is 0.670. The lowest BCUT2D eigenvalue weighted by atomic mass is 10.1. The maximum Gasteiger partial charge on any atom is 0.266 e. The number of aryl methyl sites for hydroxylation is 1. The van der Waals surface area contributed by atoms with Crippen LogP contribution in [0.15, 0.2) is 40.3 Å². The number of nitrogens with zero attached hydrogens (tertiary/aromatic N) is 1. The third-order valence-corrected chi connectivity index (χ3v) is 3.34. The number of nitrogens with one attached hydrogen (secondary N) is 1. The highest BCUT2D eigenvalue weighted by Gasteiger charge is 2.12. The number of anilines is 1. The van der Waals surface area contributed by atoms with Crippen molar-refractivity contribution in [1.29, 1.82) is 5.26 Å². The Balaban J connectivity index is 2.24. The number of furan rings is 1. The fraction of sp³-hybridized carbons (Fsp3) is 0.125. The molecule has 0 spiro atoms. The third-order valence-electron chi connectivity index (χ3n) is 2.93. The van der Waals surface area contributed by atoms with Crippen molar-refractivity contribution in [3.63, 3.8) is 0 Å². The van der Waals surface area contributed by atoms with Gasteiger partial charge in [-0.2, -0.15) is 5.26 Å². The topological polar surface area (TPSA) is 66.0 Å². The number of carbonyl (C=O) groups is 1. The minimum atomic E-state index is -0.503. The van der Waals surface area contributed by atoms with E-state index in [1.807, 2.05) is 6.07 Å². The minimum Gasteiger partial charge on any atom is -0.462 e. The van der Waals surface area contributed by atoms with Gasteiger partial charge in [-0.15, -0.1) is 0 Å². The van der Waals surface area contributed by atoms with E-state index in [1.54, 1.807) is 44.2 Å². The fourth-order valence-electron chi connectivity index (χ4n) is 1.75. The largest absolute Gasteiger partial charge is 0.462 e. The van der Waals surface area contributed by atoms with Gasteiger partial charge in [0.2, 0.25) is 0 Å². The Labute approximate surface area is 127 Å². The molecule has 0 radical (unpaired) electrons. The van der Waals surface area contributed by atoms with Crippen LogP contribution in [0.2, 0.25) is 5.02 Å². The Hall–Kier alpha value is -2.51. The Bertz CT molecular complexity index is 754. The summed E-state index contributed by atoms with van der Waals surface area (Å²) in [5, 5.41) is 12.3. The van der Waals surface area contributed by atoms with Crippen LogP contribution in [0, 0.1) is 25.2 Å². The molecule has 0 fully saturated rings. The van der Waals surface area contributed by atoms with E-state index in [0.717, 1.165) is 5.56 Å². The lowest BCUT2D eigenvalue weighted by Crippen LogP contribution is -2.14. The molecule has 5 heteroatoms. The van der Waals surface area contributed by atoms with Gasteiger partial charge in [0, 0.05) is 16.8 Å². The number of hydrogen-bond acceptors (Lipinski definition) is 3. The molecule has 1 aromatic carbocycles. The average molecular weight is 301 g/mol. The van der Waals surface area contributed by atoms with Crippen LogP contribution in [0.4, 0.5) is 5.69 Å². The highest BCUT2D eigenvalue weighted by Crippen LogP contribution is 2.23. The monoisotopic (exact) mass is 300 g/mol. The summed E-state index contributed by atoms with van der Waals surface area (Å²) in [4.78, 5) is 12.1. The molecule has 0 atom stereocenters. The molecule has 0 unspecified atom stereocenters. The van der Waals surface area contributed by atoms with Gasteiger partial charge < -0.3 is 9.73 Å². The molecule has 0 bridgehead atoms. The molecule has 21 heavy (non-hydrogen) atoms. The van der Waals surface area contributed by atoms with Crippen LogP contribution >= 0.6 is 11.6 Å². The van der Waals surface area contributed by atoms with Crippen molar-refractivity contribution in [3.8, 4) is 6.07 Å². The Morgan fingerprint density at radius 2 is 2.10 bits per heavy atom. The number of nitriles is 1. The third kappa shape index (κ3) is 3.53. The SMILES string of the molecule is Cc1ccc(/C=C(\C#N)C(=O)Nc2cccc(Cl)c2C)o1. The van der Waals surface area contributed by atoms with Gasteiger partial charge in [0.25, 0.3) is 5.91 Å². The first-order valence-electron chi connectivity index (χ1n) is 6.26. The van der Waals surface area contributed by atoms with E-state index in [-0.39, 0.29) is 5.57 Å². The van der Waals surface area contributed by atoms with E-state index >= 15 is 0 Å². The van der Waals surface area contributed by atoms with Crippen molar-refractivity contribution in [2.45, 2.75) is 13.8 Å². The van der Waals surface area contributed by atoms with E-state index in [2.05, 4.69) is 5.32 Å². The normalized spacial score (nSPS) is 11.0. The van der Waals surface area contributed by atoms with Gasteiger partial charge in [0.1, 0.15) is 23.2 Å². The fourth-order valence-corrected chi connectivity index (χ4v) is 1.93. The number of halogens is 1. The summed E-state index contributed by atoms with van der Waals surface area (Å²) in [5.41, 5.74) is 1.28. The van der Waals surface area contributed by atoms with Crippen LogP contribution in [0.1, 0.15) is 17.1 Å². The van der Waals surface area contributed by atoms with Crippen molar-refractivity contribution >= 4 is 29.3 Å². The van der Waals surface area contributed by atoms with Gasteiger partial charge in [-0.05, 0) is 43.7 Å². The second-order valence-corrected chi connectivity index (χ2v) is 4.89. The van der Waals surface area contributed by atoms with Gasteiger partial charge >= 0.3 is 0 Å². The molecule has 0 aliphatic carbocycles. The van der Waals surface area contributed by atoms with Crippen molar-refractivity contribution in [2.75, 3.05) is 5.32 Å². The first-order valence-corrected chi connectivity index (χ1v) is 6.63. The zero-order valence-electron chi connectivity index (χ0n) is 11.6. The van der Waals surface area contributed by atoms with Crippen molar-refractivity contribution < 1.29 is 9.21 Å². The molecule has 2 aromatic rings. The summed E-state index contributed by atoms with van der Waals surface area (Å²) in [6, 6.07) is 10.5. The number of hydrogen-bond donors (Lipinski definition) is 1. The minimum absolute atomic E-state index is 0.0382. The number of benzene rings is 1. The van der Waals surface area contributed by atoms with Gasteiger partial charge in [0.05, 0.1) is 0 Å². The summed E-state index contributed by atoms with van der Waals surface area (Å²) >= 11 is 6.00.